The highest BCUT2D eigenvalue weighted by molar-refractivity contribution is 7.21. The Hall–Kier alpha value is -3.57. The van der Waals surface area contributed by atoms with Crippen molar-refractivity contribution in [3.8, 4) is 16.6 Å². The number of hydrogen-bond donors (Lipinski definition) is 1. The highest BCUT2D eigenvalue weighted by Gasteiger charge is 2.44. The maximum Gasteiger partial charge on any atom is 0.230 e. The number of aromatic nitrogens is 3. The first-order valence-corrected chi connectivity index (χ1v) is 10.4. The molecule has 0 unspecified atom stereocenters. The van der Waals surface area contributed by atoms with Gasteiger partial charge in [-0.1, -0.05) is 36.4 Å². The molecule has 1 aliphatic carbocycles. The largest absolute Gasteiger partial charge is 0.424 e. The first-order chi connectivity index (χ1) is 14.6. The van der Waals surface area contributed by atoms with Gasteiger partial charge in [0.05, 0.1) is 22.7 Å². The van der Waals surface area contributed by atoms with Gasteiger partial charge in [0, 0.05) is 5.56 Å². The zero-order chi connectivity index (χ0) is 20.6. The summed E-state index contributed by atoms with van der Waals surface area (Å²) in [7, 11) is 0. The van der Waals surface area contributed by atoms with E-state index in [-0.39, 0.29) is 18.2 Å². The summed E-state index contributed by atoms with van der Waals surface area (Å²) < 4.78 is 6.73. The van der Waals surface area contributed by atoms with Crippen LogP contribution in [0.5, 0.6) is 0 Å². The Bertz CT molecular complexity index is 1270. The van der Waals surface area contributed by atoms with Gasteiger partial charge in [-0.2, -0.15) is 5.26 Å². The molecule has 0 atom stereocenters. The molecule has 2 aromatic heterocycles. The van der Waals surface area contributed by atoms with Gasteiger partial charge in [-0.3, -0.25) is 4.79 Å². The average Bonchev–Trinajstić information content (AvgIpc) is 3.18. The molecule has 1 N–H and O–H groups in total. The lowest BCUT2D eigenvalue weighted by Crippen LogP contribution is -2.36. The standard InChI is InChI=1S/C22H17N5O2S/c23-13-22(8-9-22)25-18(28)12-20-27-26-19(29-20)11-14-6-7-16-17(10-14)30-21(24-16)15-4-2-1-3-5-15/h1-7,10H,8-9,11-12H2,(H,25,28). The number of carbonyl (C=O) groups excluding carboxylic acids is 1. The van der Waals surface area contributed by atoms with Crippen molar-refractivity contribution in [1.82, 2.24) is 20.5 Å². The van der Waals surface area contributed by atoms with E-state index in [2.05, 4.69) is 39.8 Å². The number of carbonyl (C=O) groups is 1. The first kappa shape index (κ1) is 18.5. The Balaban J connectivity index is 1.28. The Morgan fingerprint density at radius 1 is 1.17 bits per heavy atom. The lowest BCUT2D eigenvalue weighted by atomic mass is 10.1. The van der Waals surface area contributed by atoms with Gasteiger partial charge < -0.3 is 9.73 Å². The molecule has 1 aliphatic rings. The molecule has 4 aromatic rings. The third-order valence-electron chi connectivity index (χ3n) is 4.99. The van der Waals surface area contributed by atoms with E-state index in [0.717, 1.165) is 26.4 Å². The fraction of sp³-hybridized carbons (Fsp3) is 0.227. The lowest BCUT2D eigenvalue weighted by molar-refractivity contribution is -0.121. The average molecular weight is 415 g/mol. The van der Waals surface area contributed by atoms with E-state index in [1.165, 1.54) is 0 Å². The number of thiazole rings is 1. The van der Waals surface area contributed by atoms with Crippen molar-refractivity contribution >= 4 is 27.5 Å². The number of hydrogen-bond acceptors (Lipinski definition) is 7. The van der Waals surface area contributed by atoms with Crippen LogP contribution in [0.2, 0.25) is 0 Å². The van der Waals surface area contributed by atoms with Crippen LogP contribution < -0.4 is 5.32 Å². The van der Waals surface area contributed by atoms with Crippen LogP contribution in [0.1, 0.15) is 30.2 Å². The van der Waals surface area contributed by atoms with Crippen LogP contribution in [0.3, 0.4) is 0 Å². The van der Waals surface area contributed by atoms with Gasteiger partial charge in [-0.15, -0.1) is 21.5 Å². The fourth-order valence-corrected chi connectivity index (χ4v) is 4.26. The van der Waals surface area contributed by atoms with Gasteiger partial charge in [0.25, 0.3) is 0 Å². The van der Waals surface area contributed by atoms with E-state index in [9.17, 15) is 4.79 Å². The molecule has 2 aromatic carbocycles. The summed E-state index contributed by atoms with van der Waals surface area (Å²) in [4.78, 5) is 16.8. The summed E-state index contributed by atoms with van der Waals surface area (Å²) in [5.74, 6) is 0.427. The zero-order valence-electron chi connectivity index (χ0n) is 16.0. The fourth-order valence-electron chi connectivity index (χ4n) is 3.23. The van der Waals surface area contributed by atoms with Gasteiger partial charge in [-0.25, -0.2) is 4.98 Å². The molecule has 148 valence electrons. The molecular weight excluding hydrogens is 398 g/mol. The maximum absolute atomic E-state index is 12.1. The minimum Gasteiger partial charge on any atom is -0.424 e. The number of nitriles is 1. The number of rotatable bonds is 6. The van der Waals surface area contributed by atoms with E-state index in [1.54, 1.807) is 11.3 Å². The highest BCUT2D eigenvalue weighted by atomic mass is 32.1. The molecule has 2 heterocycles. The van der Waals surface area contributed by atoms with Gasteiger partial charge in [0.15, 0.2) is 0 Å². The molecule has 0 bridgehead atoms. The molecule has 0 saturated heterocycles. The number of amides is 1. The van der Waals surface area contributed by atoms with Crippen molar-refractivity contribution in [2.45, 2.75) is 31.2 Å². The molecule has 0 spiro atoms. The molecule has 1 amide bonds. The zero-order valence-corrected chi connectivity index (χ0v) is 16.8. The third-order valence-corrected chi connectivity index (χ3v) is 6.06. The summed E-state index contributed by atoms with van der Waals surface area (Å²) in [5, 5.41) is 20.8. The van der Waals surface area contributed by atoms with Crippen LogP contribution in [0.4, 0.5) is 0 Å². The molecule has 1 saturated carbocycles. The van der Waals surface area contributed by atoms with Crippen molar-refractivity contribution in [2.24, 2.45) is 0 Å². The Labute approximate surface area is 176 Å². The first-order valence-electron chi connectivity index (χ1n) is 9.61. The van der Waals surface area contributed by atoms with E-state index < -0.39 is 5.54 Å². The second kappa shape index (κ2) is 7.35. The predicted octanol–water partition coefficient (Wildman–Crippen LogP) is 3.65. The van der Waals surface area contributed by atoms with Gasteiger partial charge in [-0.05, 0) is 30.5 Å². The minimum absolute atomic E-state index is 0.0231. The number of benzene rings is 2. The maximum atomic E-state index is 12.1. The molecule has 0 aliphatic heterocycles. The Morgan fingerprint density at radius 2 is 1.97 bits per heavy atom. The van der Waals surface area contributed by atoms with Crippen molar-refractivity contribution < 1.29 is 9.21 Å². The van der Waals surface area contributed by atoms with Gasteiger partial charge >= 0.3 is 0 Å². The molecule has 1 fully saturated rings. The van der Waals surface area contributed by atoms with E-state index >= 15 is 0 Å². The molecule has 7 nitrogen and oxygen atoms in total. The second-order valence-corrected chi connectivity index (χ2v) is 8.40. The second-order valence-electron chi connectivity index (χ2n) is 7.37. The smallest absolute Gasteiger partial charge is 0.230 e. The molecule has 8 heteroatoms. The van der Waals surface area contributed by atoms with Gasteiger partial charge in [0.1, 0.15) is 17.0 Å². The number of fused-ring (bicyclic) bond motifs is 1. The van der Waals surface area contributed by atoms with E-state index in [4.69, 9.17) is 14.7 Å². The molecule has 30 heavy (non-hydrogen) atoms. The Morgan fingerprint density at radius 3 is 2.73 bits per heavy atom. The van der Waals surface area contributed by atoms with Gasteiger partial charge in [0.2, 0.25) is 17.7 Å². The van der Waals surface area contributed by atoms with Crippen LogP contribution in [-0.4, -0.2) is 26.6 Å². The summed E-state index contributed by atoms with van der Waals surface area (Å²) in [6.45, 7) is 0. The predicted molar refractivity (Wildman–Crippen MR) is 112 cm³/mol. The monoisotopic (exact) mass is 415 g/mol. The molecule has 0 radical (unpaired) electrons. The summed E-state index contributed by atoms with van der Waals surface area (Å²) in [5.41, 5.74) is 2.40. The minimum atomic E-state index is -0.692. The quantitative estimate of drug-likeness (QED) is 0.515. The number of nitrogens with one attached hydrogen (secondary N) is 1. The van der Waals surface area contributed by atoms with Crippen molar-refractivity contribution in [3.05, 3.63) is 65.9 Å². The van der Waals surface area contributed by atoms with Crippen LogP contribution in [0.15, 0.2) is 52.9 Å². The normalized spacial score (nSPS) is 14.4. The third kappa shape index (κ3) is 3.80. The summed E-state index contributed by atoms with van der Waals surface area (Å²) in [6.07, 6.45) is 1.84. The summed E-state index contributed by atoms with van der Waals surface area (Å²) in [6, 6.07) is 18.3. The molecule has 5 rings (SSSR count). The topological polar surface area (TPSA) is 105 Å². The van der Waals surface area contributed by atoms with Crippen LogP contribution in [0.25, 0.3) is 20.8 Å². The molecular formula is C22H17N5O2S. The SMILES string of the molecule is N#CC1(NC(=O)Cc2nnc(Cc3ccc4nc(-c5ccccc5)sc4c3)o2)CC1. The van der Waals surface area contributed by atoms with Crippen molar-refractivity contribution in [3.63, 3.8) is 0 Å². The Kier molecular flexibility index (Phi) is 4.52. The van der Waals surface area contributed by atoms with Crippen molar-refractivity contribution in [1.29, 1.82) is 5.26 Å². The lowest BCUT2D eigenvalue weighted by Gasteiger charge is -2.06. The van der Waals surface area contributed by atoms with Crippen LogP contribution in [0, 0.1) is 11.3 Å². The van der Waals surface area contributed by atoms with E-state index in [1.807, 2.05) is 30.3 Å². The highest BCUT2D eigenvalue weighted by Crippen LogP contribution is 2.34. The van der Waals surface area contributed by atoms with Crippen LogP contribution in [-0.2, 0) is 17.6 Å². The summed E-state index contributed by atoms with van der Waals surface area (Å²) >= 11 is 1.64. The van der Waals surface area contributed by atoms with E-state index in [0.29, 0.717) is 25.2 Å². The van der Waals surface area contributed by atoms with Crippen molar-refractivity contribution in [2.75, 3.05) is 0 Å². The number of nitrogens with zero attached hydrogens (tertiary/aromatic N) is 4. The van der Waals surface area contributed by atoms with Crippen LogP contribution >= 0.6 is 11.3 Å².